The summed E-state index contributed by atoms with van der Waals surface area (Å²) in [6.07, 6.45) is 0. The highest BCUT2D eigenvalue weighted by atomic mass is 79.9. The molecule has 72 valence electrons. The van der Waals surface area contributed by atoms with E-state index in [1.165, 1.54) is 0 Å². The van der Waals surface area contributed by atoms with E-state index in [2.05, 4.69) is 33.0 Å². The van der Waals surface area contributed by atoms with E-state index in [0.717, 1.165) is 17.6 Å². The molecule has 2 nitrogen and oxygen atoms in total. The number of aliphatic hydroxyl groups excluding tert-OH is 1. The normalized spacial score (nSPS) is 10.0. The molecule has 1 aromatic rings. The van der Waals surface area contributed by atoms with Crippen molar-refractivity contribution in [2.24, 2.45) is 0 Å². The molecule has 0 aliphatic rings. The third-order valence-electron chi connectivity index (χ3n) is 1.85. The zero-order valence-electron chi connectivity index (χ0n) is 7.49. The molecule has 0 bridgehead atoms. The van der Waals surface area contributed by atoms with Crippen molar-refractivity contribution in [3.63, 3.8) is 0 Å². The molecule has 0 saturated heterocycles. The molecule has 0 unspecified atom stereocenters. The minimum atomic E-state index is 0.196. The molecule has 0 aromatic heterocycles. The van der Waals surface area contributed by atoms with Crippen molar-refractivity contribution in [2.75, 3.05) is 29.9 Å². The van der Waals surface area contributed by atoms with E-state index in [1.54, 1.807) is 0 Å². The van der Waals surface area contributed by atoms with Gasteiger partial charge in [0.1, 0.15) is 0 Å². The zero-order chi connectivity index (χ0) is 9.52. The number of benzene rings is 1. The van der Waals surface area contributed by atoms with Gasteiger partial charge in [0.15, 0.2) is 0 Å². The van der Waals surface area contributed by atoms with Gasteiger partial charge in [-0.3, -0.25) is 0 Å². The van der Waals surface area contributed by atoms with Crippen LogP contribution in [0.5, 0.6) is 0 Å². The Labute approximate surface area is 87.3 Å². The van der Waals surface area contributed by atoms with Gasteiger partial charge >= 0.3 is 0 Å². The molecule has 0 spiro atoms. The lowest BCUT2D eigenvalue weighted by molar-refractivity contribution is 0.302. The summed E-state index contributed by atoms with van der Waals surface area (Å²) in [4.78, 5) is 2.15. The minimum Gasteiger partial charge on any atom is -0.395 e. The van der Waals surface area contributed by atoms with E-state index >= 15 is 0 Å². The van der Waals surface area contributed by atoms with Gasteiger partial charge in [-0.2, -0.15) is 0 Å². The van der Waals surface area contributed by atoms with Crippen molar-refractivity contribution < 1.29 is 5.11 Å². The third kappa shape index (κ3) is 3.36. The van der Waals surface area contributed by atoms with Gasteiger partial charge < -0.3 is 10.0 Å². The van der Waals surface area contributed by atoms with E-state index in [1.807, 2.05) is 18.2 Å². The standard InChI is InChI=1S/C10H14BrNO/c11-6-7-12(8-9-13)10-4-2-1-3-5-10/h1-5,13H,6-9H2. The Kier molecular flexibility index (Phi) is 4.86. The van der Waals surface area contributed by atoms with Crippen LogP contribution < -0.4 is 4.90 Å². The van der Waals surface area contributed by atoms with Gasteiger partial charge in [0.25, 0.3) is 0 Å². The van der Waals surface area contributed by atoms with Gasteiger partial charge in [-0.15, -0.1) is 0 Å². The first kappa shape index (κ1) is 10.5. The highest BCUT2D eigenvalue weighted by Crippen LogP contribution is 2.12. The van der Waals surface area contributed by atoms with Crippen molar-refractivity contribution >= 4 is 21.6 Å². The molecule has 1 aromatic carbocycles. The summed E-state index contributed by atoms with van der Waals surface area (Å²) in [5.41, 5.74) is 1.16. The average molecular weight is 244 g/mol. The fourth-order valence-electron chi connectivity index (χ4n) is 1.23. The van der Waals surface area contributed by atoms with Gasteiger partial charge in [0, 0.05) is 24.1 Å². The Hall–Kier alpha value is -0.540. The molecule has 0 radical (unpaired) electrons. The van der Waals surface area contributed by atoms with Crippen molar-refractivity contribution in [1.29, 1.82) is 0 Å². The van der Waals surface area contributed by atoms with Crippen LogP contribution in [0.15, 0.2) is 30.3 Å². The highest BCUT2D eigenvalue weighted by Gasteiger charge is 2.02. The highest BCUT2D eigenvalue weighted by molar-refractivity contribution is 9.09. The van der Waals surface area contributed by atoms with Crippen LogP contribution in [0.1, 0.15) is 0 Å². The maximum absolute atomic E-state index is 8.87. The SMILES string of the molecule is OCCN(CCBr)c1ccccc1. The molecular formula is C10H14BrNO. The summed E-state index contributed by atoms with van der Waals surface area (Å²) < 4.78 is 0. The molecule has 0 heterocycles. The second kappa shape index (κ2) is 6.00. The van der Waals surface area contributed by atoms with Crippen LogP contribution in [0.3, 0.4) is 0 Å². The van der Waals surface area contributed by atoms with E-state index in [9.17, 15) is 0 Å². The molecule has 13 heavy (non-hydrogen) atoms. The number of nitrogens with zero attached hydrogens (tertiary/aromatic N) is 1. The molecule has 0 atom stereocenters. The second-order valence-electron chi connectivity index (χ2n) is 2.74. The second-order valence-corrected chi connectivity index (χ2v) is 3.53. The van der Waals surface area contributed by atoms with Crippen molar-refractivity contribution in [2.45, 2.75) is 0 Å². The molecule has 0 fully saturated rings. The van der Waals surface area contributed by atoms with E-state index in [0.29, 0.717) is 6.54 Å². The van der Waals surface area contributed by atoms with Gasteiger partial charge in [-0.25, -0.2) is 0 Å². The smallest absolute Gasteiger partial charge is 0.0606 e. The fourth-order valence-corrected chi connectivity index (χ4v) is 1.66. The van der Waals surface area contributed by atoms with Gasteiger partial charge in [0.2, 0.25) is 0 Å². The maximum Gasteiger partial charge on any atom is 0.0606 e. The Morgan fingerprint density at radius 2 is 1.85 bits per heavy atom. The monoisotopic (exact) mass is 243 g/mol. The topological polar surface area (TPSA) is 23.5 Å². The number of para-hydroxylation sites is 1. The van der Waals surface area contributed by atoms with Crippen LogP contribution in [0.4, 0.5) is 5.69 Å². The minimum absolute atomic E-state index is 0.196. The van der Waals surface area contributed by atoms with Crippen LogP contribution in [0.2, 0.25) is 0 Å². The molecular weight excluding hydrogens is 230 g/mol. The summed E-state index contributed by atoms with van der Waals surface area (Å²) in [7, 11) is 0. The number of rotatable bonds is 5. The molecule has 0 aliphatic heterocycles. The van der Waals surface area contributed by atoms with E-state index in [-0.39, 0.29) is 6.61 Å². The number of hydrogen-bond donors (Lipinski definition) is 1. The number of alkyl halides is 1. The van der Waals surface area contributed by atoms with Crippen molar-refractivity contribution in [3.8, 4) is 0 Å². The van der Waals surface area contributed by atoms with E-state index in [4.69, 9.17) is 5.11 Å². The first-order valence-electron chi connectivity index (χ1n) is 4.35. The lowest BCUT2D eigenvalue weighted by atomic mass is 10.3. The zero-order valence-corrected chi connectivity index (χ0v) is 9.07. The average Bonchev–Trinajstić information content (AvgIpc) is 2.19. The molecule has 1 rings (SSSR count). The Morgan fingerprint density at radius 1 is 1.15 bits per heavy atom. The summed E-state index contributed by atoms with van der Waals surface area (Å²) >= 11 is 3.39. The van der Waals surface area contributed by atoms with Crippen molar-refractivity contribution in [3.05, 3.63) is 30.3 Å². The van der Waals surface area contributed by atoms with Crippen LogP contribution in [0.25, 0.3) is 0 Å². The quantitative estimate of drug-likeness (QED) is 0.799. The number of anilines is 1. The summed E-state index contributed by atoms with van der Waals surface area (Å²) in [5, 5.41) is 9.79. The van der Waals surface area contributed by atoms with Crippen LogP contribution in [-0.2, 0) is 0 Å². The van der Waals surface area contributed by atoms with Gasteiger partial charge in [-0.1, -0.05) is 34.1 Å². The van der Waals surface area contributed by atoms with Gasteiger partial charge in [0.05, 0.1) is 6.61 Å². The predicted octanol–water partition coefficient (Wildman–Crippen LogP) is 1.88. The molecule has 3 heteroatoms. The first-order chi connectivity index (χ1) is 6.38. The lowest BCUT2D eigenvalue weighted by Crippen LogP contribution is -2.28. The summed E-state index contributed by atoms with van der Waals surface area (Å²) in [5.74, 6) is 0. The Balaban J connectivity index is 2.64. The summed E-state index contributed by atoms with van der Waals surface area (Å²) in [6, 6.07) is 10.1. The van der Waals surface area contributed by atoms with Crippen molar-refractivity contribution in [1.82, 2.24) is 0 Å². The number of aliphatic hydroxyl groups is 1. The number of hydrogen-bond acceptors (Lipinski definition) is 2. The first-order valence-corrected chi connectivity index (χ1v) is 5.47. The lowest BCUT2D eigenvalue weighted by Gasteiger charge is -2.22. The van der Waals surface area contributed by atoms with Crippen LogP contribution >= 0.6 is 15.9 Å². The molecule has 0 amide bonds. The third-order valence-corrected chi connectivity index (χ3v) is 2.20. The molecule has 0 aliphatic carbocycles. The van der Waals surface area contributed by atoms with E-state index < -0.39 is 0 Å². The van der Waals surface area contributed by atoms with Gasteiger partial charge in [-0.05, 0) is 12.1 Å². The Bertz CT molecular complexity index is 222. The summed E-state index contributed by atoms with van der Waals surface area (Å²) in [6.45, 7) is 1.81. The van der Waals surface area contributed by atoms with Crippen LogP contribution in [-0.4, -0.2) is 30.1 Å². The molecule has 0 saturated carbocycles. The maximum atomic E-state index is 8.87. The fraction of sp³-hybridized carbons (Fsp3) is 0.400. The Morgan fingerprint density at radius 3 is 2.38 bits per heavy atom. The number of halogens is 1. The van der Waals surface area contributed by atoms with Crippen LogP contribution in [0, 0.1) is 0 Å². The predicted molar refractivity (Wildman–Crippen MR) is 59.5 cm³/mol. The largest absolute Gasteiger partial charge is 0.395 e. The molecule has 1 N–H and O–H groups in total.